The van der Waals surface area contributed by atoms with Crippen LogP contribution in [0.5, 0.6) is 0 Å². The number of hydrogen-bond acceptors (Lipinski definition) is 2. The molecule has 0 aromatic rings. The van der Waals surface area contributed by atoms with Crippen LogP contribution < -0.4 is 0 Å². The van der Waals surface area contributed by atoms with Crippen molar-refractivity contribution >= 4 is 0 Å². The highest BCUT2D eigenvalue weighted by Crippen LogP contribution is 2.28. The molecule has 12 heavy (non-hydrogen) atoms. The van der Waals surface area contributed by atoms with Gasteiger partial charge in [0.25, 0.3) is 0 Å². The molecular weight excluding hydrogens is 152 g/mol. The maximum atomic E-state index is 5.48. The van der Waals surface area contributed by atoms with Crippen molar-refractivity contribution in [2.45, 2.75) is 58.3 Å². The molecule has 1 aliphatic rings. The fourth-order valence-corrected chi connectivity index (χ4v) is 1.23. The topological polar surface area (TPSA) is 21.8 Å². The van der Waals surface area contributed by atoms with Crippen LogP contribution in [-0.2, 0) is 9.47 Å². The lowest BCUT2D eigenvalue weighted by atomic mass is 10.2. The molecule has 2 unspecified atom stereocenters. The van der Waals surface area contributed by atoms with Crippen molar-refractivity contribution in [2.75, 3.05) is 6.61 Å². The Morgan fingerprint density at radius 1 is 1.17 bits per heavy atom. The fourth-order valence-electron chi connectivity index (χ4n) is 1.23. The Bertz CT molecular complexity index is 114. The summed E-state index contributed by atoms with van der Waals surface area (Å²) >= 11 is 0. The predicted octanol–water partition coefficient (Wildman–Crippen LogP) is 2.72. The average Bonchev–Trinajstić information content (AvgIpc) is 2.81. The van der Waals surface area contributed by atoms with Gasteiger partial charge in [-0.25, -0.2) is 0 Å². The van der Waals surface area contributed by atoms with E-state index in [0.29, 0.717) is 6.10 Å². The standard InChI is InChI=1S/C10H20O2/c1-3-5-7-9-10(12-9)11-8-6-4-2/h9-10H,3-8H2,1-2H3. The summed E-state index contributed by atoms with van der Waals surface area (Å²) in [4.78, 5) is 0. The third kappa shape index (κ3) is 3.55. The van der Waals surface area contributed by atoms with Crippen LogP contribution >= 0.6 is 0 Å². The number of ether oxygens (including phenoxy) is 2. The monoisotopic (exact) mass is 172 g/mol. The largest absolute Gasteiger partial charge is 0.350 e. The van der Waals surface area contributed by atoms with Crippen molar-refractivity contribution < 1.29 is 9.47 Å². The zero-order valence-corrected chi connectivity index (χ0v) is 8.21. The van der Waals surface area contributed by atoms with Crippen LogP contribution in [0.1, 0.15) is 46.0 Å². The number of rotatable bonds is 7. The van der Waals surface area contributed by atoms with Crippen LogP contribution in [0, 0.1) is 0 Å². The van der Waals surface area contributed by atoms with E-state index in [1.54, 1.807) is 0 Å². The number of hydrogen-bond donors (Lipinski definition) is 0. The summed E-state index contributed by atoms with van der Waals surface area (Å²) in [5.41, 5.74) is 0. The predicted molar refractivity (Wildman–Crippen MR) is 49.0 cm³/mol. The van der Waals surface area contributed by atoms with E-state index in [-0.39, 0.29) is 6.29 Å². The molecule has 1 rings (SSSR count). The zero-order chi connectivity index (χ0) is 8.81. The molecule has 0 amide bonds. The first-order valence-electron chi connectivity index (χ1n) is 5.15. The van der Waals surface area contributed by atoms with Crippen LogP contribution in [0.25, 0.3) is 0 Å². The first-order chi connectivity index (χ1) is 5.88. The Labute approximate surface area is 75.2 Å². The van der Waals surface area contributed by atoms with E-state index in [0.717, 1.165) is 13.0 Å². The van der Waals surface area contributed by atoms with Gasteiger partial charge in [-0.15, -0.1) is 0 Å². The molecule has 0 N–H and O–H groups in total. The number of unbranched alkanes of at least 4 members (excludes halogenated alkanes) is 2. The summed E-state index contributed by atoms with van der Waals surface area (Å²) < 4.78 is 10.8. The second kappa shape index (κ2) is 5.55. The molecule has 0 aromatic heterocycles. The number of epoxide rings is 1. The summed E-state index contributed by atoms with van der Waals surface area (Å²) in [5.74, 6) is 0. The smallest absolute Gasteiger partial charge is 0.184 e. The molecule has 2 nitrogen and oxygen atoms in total. The Balaban J connectivity index is 1.86. The van der Waals surface area contributed by atoms with Gasteiger partial charge in [-0.1, -0.05) is 33.1 Å². The molecule has 0 spiro atoms. The molecule has 1 aliphatic heterocycles. The minimum Gasteiger partial charge on any atom is -0.350 e. The minimum absolute atomic E-state index is 0.142. The van der Waals surface area contributed by atoms with Gasteiger partial charge >= 0.3 is 0 Å². The highest BCUT2D eigenvalue weighted by atomic mass is 16.8. The summed E-state index contributed by atoms with van der Waals surface area (Å²) in [7, 11) is 0. The molecule has 0 bridgehead atoms. The van der Waals surface area contributed by atoms with Gasteiger partial charge in [0.2, 0.25) is 0 Å². The van der Waals surface area contributed by atoms with Crippen molar-refractivity contribution in [1.82, 2.24) is 0 Å². The van der Waals surface area contributed by atoms with Gasteiger partial charge in [0, 0.05) is 6.61 Å². The normalized spacial score (nSPS) is 27.5. The third-order valence-electron chi connectivity index (χ3n) is 2.16. The quantitative estimate of drug-likeness (QED) is 0.435. The van der Waals surface area contributed by atoms with Crippen LogP contribution in [0.3, 0.4) is 0 Å². The van der Waals surface area contributed by atoms with Gasteiger partial charge in [-0.05, 0) is 12.8 Å². The Kier molecular flexibility index (Phi) is 4.62. The molecule has 0 aromatic carbocycles. The SMILES string of the molecule is CCCCOC1OC1CCCC. The van der Waals surface area contributed by atoms with Gasteiger partial charge in [0.1, 0.15) is 6.10 Å². The van der Waals surface area contributed by atoms with E-state index in [2.05, 4.69) is 13.8 Å². The average molecular weight is 172 g/mol. The van der Waals surface area contributed by atoms with E-state index >= 15 is 0 Å². The minimum atomic E-state index is 0.142. The van der Waals surface area contributed by atoms with Crippen LogP contribution in [-0.4, -0.2) is 19.0 Å². The van der Waals surface area contributed by atoms with Gasteiger partial charge in [-0.2, -0.15) is 0 Å². The molecular formula is C10H20O2. The maximum Gasteiger partial charge on any atom is 0.184 e. The Morgan fingerprint density at radius 3 is 2.58 bits per heavy atom. The summed E-state index contributed by atoms with van der Waals surface area (Å²) in [5, 5.41) is 0. The van der Waals surface area contributed by atoms with Crippen molar-refractivity contribution in [2.24, 2.45) is 0 Å². The van der Waals surface area contributed by atoms with Crippen molar-refractivity contribution in [3.63, 3.8) is 0 Å². The lowest BCUT2D eigenvalue weighted by molar-refractivity contribution is 0.0486. The fraction of sp³-hybridized carbons (Fsp3) is 1.00. The van der Waals surface area contributed by atoms with Gasteiger partial charge < -0.3 is 9.47 Å². The lowest BCUT2D eigenvalue weighted by Gasteiger charge is -1.97. The van der Waals surface area contributed by atoms with Gasteiger partial charge in [0.15, 0.2) is 6.29 Å². The van der Waals surface area contributed by atoms with Crippen molar-refractivity contribution in [3.8, 4) is 0 Å². The summed E-state index contributed by atoms with van der Waals surface area (Å²) in [6, 6.07) is 0. The summed E-state index contributed by atoms with van der Waals surface area (Å²) in [6.07, 6.45) is 6.60. The van der Waals surface area contributed by atoms with Crippen molar-refractivity contribution in [1.29, 1.82) is 0 Å². The molecule has 0 aliphatic carbocycles. The van der Waals surface area contributed by atoms with Gasteiger partial charge in [-0.3, -0.25) is 0 Å². The highest BCUT2D eigenvalue weighted by Gasteiger charge is 2.38. The second-order valence-electron chi connectivity index (χ2n) is 3.41. The molecule has 0 saturated carbocycles. The third-order valence-corrected chi connectivity index (χ3v) is 2.16. The Hall–Kier alpha value is -0.0800. The molecule has 2 atom stereocenters. The molecule has 0 radical (unpaired) electrons. The van der Waals surface area contributed by atoms with Gasteiger partial charge in [0.05, 0.1) is 0 Å². The second-order valence-corrected chi connectivity index (χ2v) is 3.41. The highest BCUT2D eigenvalue weighted by molar-refractivity contribution is 4.76. The lowest BCUT2D eigenvalue weighted by Crippen LogP contribution is -2.01. The first kappa shape index (κ1) is 10.0. The zero-order valence-electron chi connectivity index (χ0n) is 8.21. The molecule has 72 valence electrons. The van der Waals surface area contributed by atoms with Crippen molar-refractivity contribution in [3.05, 3.63) is 0 Å². The molecule has 1 heterocycles. The van der Waals surface area contributed by atoms with E-state index in [1.807, 2.05) is 0 Å². The molecule has 2 heteroatoms. The van der Waals surface area contributed by atoms with Crippen LogP contribution in [0.15, 0.2) is 0 Å². The van der Waals surface area contributed by atoms with E-state index in [4.69, 9.17) is 9.47 Å². The summed E-state index contributed by atoms with van der Waals surface area (Å²) in [6.45, 7) is 5.24. The first-order valence-corrected chi connectivity index (χ1v) is 5.15. The molecule has 1 saturated heterocycles. The van der Waals surface area contributed by atoms with E-state index in [9.17, 15) is 0 Å². The molecule has 1 fully saturated rings. The van der Waals surface area contributed by atoms with E-state index in [1.165, 1.54) is 25.7 Å². The van der Waals surface area contributed by atoms with E-state index < -0.39 is 0 Å². The Morgan fingerprint density at radius 2 is 1.92 bits per heavy atom. The maximum absolute atomic E-state index is 5.48. The van der Waals surface area contributed by atoms with Crippen LogP contribution in [0.2, 0.25) is 0 Å². The van der Waals surface area contributed by atoms with Crippen LogP contribution in [0.4, 0.5) is 0 Å².